The summed E-state index contributed by atoms with van der Waals surface area (Å²) in [6.07, 6.45) is 0. The average Bonchev–Trinajstić information content (AvgIpc) is 2.67. The van der Waals surface area contributed by atoms with Crippen LogP contribution in [0.5, 0.6) is 0 Å². The van der Waals surface area contributed by atoms with Gasteiger partial charge in [0, 0.05) is 6.04 Å². The number of hydrogen-bond donors (Lipinski definition) is 2. The maximum atomic E-state index is 11.5. The van der Waals surface area contributed by atoms with Crippen LogP contribution in [0.3, 0.4) is 0 Å². The molecule has 1 heterocycles. The Morgan fingerprint density at radius 2 is 2.28 bits per heavy atom. The molecule has 0 aliphatic carbocycles. The number of rotatable bonds is 4. The zero-order valence-corrected chi connectivity index (χ0v) is 11.6. The summed E-state index contributed by atoms with van der Waals surface area (Å²) in [5, 5.41) is 3.64. The van der Waals surface area contributed by atoms with Crippen LogP contribution in [0.1, 0.15) is 19.4 Å². The SMILES string of the molecule is Cc1ccc2nc(SCC(=O)NC(C)C)[nH]c2c1. The smallest absolute Gasteiger partial charge is 0.230 e. The normalized spacial score (nSPS) is 11.1. The molecular weight excluding hydrogens is 246 g/mol. The number of thioether (sulfide) groups is 1. The van der Waals surface area contributed by atoms with Crippen LogP contribution in [0.4, 0.5) is 0 Å². The molecule has 2 rings (SSSR count). The summed E-state index contributed by atoms with van der Waals surface area (Å²) in [6, 6.07) is 6.25. The van der Waals surface area contributed by atoms with Crippen molar-refractivity contribution in [1.29, 1.82) is 0 Å². The first-order valence-electron chi connectivity index (χ1n) is 5.93. The number of aryl methyl sites for hydroxylation is 1. The lowest BCUT2D eigenvalue weighted by atomic mass is 10.2. The Labute approximate surface area is 111 Å². The van der Waals surface area contributed by atoms with E-state index >= 15 is 0 Å². The van der Waals surface area contributed by atoms with Crippen LogP contribution in [0.2, 0.25) is 0 Å². The van der Waals surface area contributed by atoms with Crippen LogP contribution in [0.25, 0.3) is 11.0 Å². The number of carbonyl (C=O) groups is 1. The summed E-state index contributed by atoms with van der Waals surface area (Å²) in [4.78, 5) is 19.2. The van der Waals surface area contributed by atoms with E-state index in [-0.39, 0.29) is 11.9 Å². The minimum atomic E-state index is 0.0339. The van der Waals surface area contributed by atoms with E-state index in [1.807, 2.05) is 32.9 Å². The minimum Gasteiger partial charge on any atom is -0.353 e. The van der Waals surface area contributed by atoms with Gasteiger partial charge in [0.15, 0.2) is 5.16 Å². The molecule has 1 aromatic heterocycles. The number of benzene rings is 1. The van der Waals surface area contributed by atoms with Crippen LogP contribution in [0.15, 0.2) is 23.4 Å². The summed E-state index contributed by atoms with van der Waals surface area (Å²) >= 11 is 1.42. The van der Waals surface area contributed by atoms with Crippen molar-refractivity contribution in [1.82, 2.24) is 15.3 Å². The average molecular weight is 263 g/mol. The Balaban J connectivity index is 2.02. The third-order valence-electron chi connectivity index (χ3n) is 2.41. The lowest BCUT2D eigenvalue weighted by molar-refractivity contribution is -0.119. The summed E-state index contributed by atoms with van der Waals surface area (Å²) in [5.41, 5.74) is 3.15. The molecular formula is C13H17N3OS. The van der Waals surface area contributed by atoms with Gasteiger partial charge in [-0.15, -0.1) is 0 Å². The number of nitrogens with one attached hydrogen (secondary N) is 2. The number of fused-ring (bicyclic) bond motifs is 1. The van der Waals surface area contributed by atoms with Crippen molar-refractivity contribution >= 4 is 28.7 Å². The van der Waals surface area contributed by atoms with Gasteiger partial charge in [0.1, 0.15) is 0 Å². The molecule has 0 unspecified atom stereocenters. The molecule has 0 saturated heterocycles. The maximum Gasteiger partial charge on any atom is 0.230 e. The molecule has 1 aromatic carbocycles. The van der Waals surface area contributed by atoms with Gasteiger partial charge in [-0.3, -0.25) is 4.79 Å². The second kappa shape index (κ2) is 5.44. The van der Waals surface area contributed by atoms with E-state index in [0.717, 1.165) is 16.2 Å². The van der Waals surface area contributed by atoms with Crippen molar-refractivity contribution in [2.24, 2.45) is 0 Å². The Morgan fingerprint density at radius 1 is 1.50 bits per heavy atom. The predicted octanol–water partition coefficient (Wildman–Crippen LogP) is 2.49. The lowest BCUT2D eigenvalue weighted by Gasteiger charge is -2.06. The molecule has 4 nitrogen and oxygen atoms in total. The molecule has 0 bridgehead atoms. The number of H-pyrrole nitrogens is 1. The van der Waals surface area contributed by atoms with Crippen LogP contribution in [0, 0.1) is 6.92 Å². The van der Waals surface area contributed by atoms with Crippen molar-refractivity contribution in [2.45, 2.75) is 32.0 Å². The Bertz CT molecular complexity index is 562. The van der Waals surface area contributed by atoms with Gasteiger partial charge in [0.05, 0.1) is 16.8 Å². The Morgan fingerprint density at radius 3 is 3.00 bits per heavy atom. The maximum absolute atomic E-state index is 11.5. The van der Waals surface area contributed by atoms with Gasteiger partial charge in [-0.1, -0.05) is 17.8 Å². The van der Waals surface area contributed by atoms with Crippen molar-refractivity contribution in [3.05, 3.63) is 23.8 Å². The van der Waals surface area contributed by atoms with Gasteiger partial charge < -0.3 is 10.3 Å². The number of imidazole rings is 1. The van der Waals surface area contributed by atoms with E-state index in [0.29, 0.717) is 5.75 Å². The van der Waals surface area contributed by atoms with Gasteiger partial charge in [0.25, 0.3) is 0 Å². The third-order valence-corrected chi connectivity index (χ3v) is 3.28. The standard InChI is InChI=1S/C13H17N3OS/c1-8(2)14-12(17)7-18-13-15-10-5-4-9(3)6-11(10)16-13/h4-6,8H,7H2,1-3H3,(H,14,17)(H,15,16). The van der Waals surface area contributed by atoms with Gasteiger partial charge in [-0.25, -0.2) is 4.98 Å². The highest BCUT2D eigenvalue weighted by Crippen LogP contribution is 2.20. The molecule has 96 valence electrons. The zero-order valence-electron chi connectivity index (χ0n) is 10.8. The fourth-order valence-corrected chi connectivity index (χ4v) is 2.36. The fourth-order valence-electron chi connectivity index (χ4n) is 1.67. The van der Waals surface area contributed by atoms with Crippen LogP contribution in [-0.2, 0) is 4.79 Å². The number of aromatic nitrogens is 2. The topological polar surface area (TPSA) is 57.8 Å². The Hall–Kier alpha value is -1.49. The van der Waals surface area contributed by atoms with Crippen molar-refractivity contribution in [3.8, 4) is 0 Å². The van der Waals surface area contributed by atoms with Crippen molar-refractivity contribution < 1.29 is 4.79 Å². The largest absolute Gasteiger partial charge is 0.353 e. The fraction of sp³-hybridized carbons (Fsp3) is 0.385. The van der Waals surface area contributed by atoms with Gasteiger partial charge in [-0.05, 0) is 38.5 Å². The minimum absolute atomic E-state index is 0.0339. The zero-order chi connectivity index (χ0) is 13.1. The molecule has 2 N–H and O–H groups in total. The van der Waals surface area contributed by atoms with Crippen LogP contribution < -0.4 is 5.32 Å². The third kappa shape index (κ3) is 3.26. The quantitative estimate of drug-likeness (QED) is 0.833. The highest BCUT2D eigenvalue weighted by atomic mass is 32.2. The van der Waals surface area contributed by atoms with E-state index in [1.54, 1.807) is 0 Å². The molecule has 0 aliphatic heterocycles. The van der Waals surface area contributed by atoms with Crippen LogP contribution >= 0.6 is 11.8 Å². The highest BCUT2D eigenvalue weighted by Gasteiger charge is 2.07. The number of amides is 1. The van der Waals surface area contributed by atoms with E-state index in [2.05, 4.69) is 21.4 Å². The first-order valence-corrected chi connectivity index (χ1v) is 6.91. The number of hydrogen-bond acceptors (Lipinski definition) is 3. The second-order valence-corrected chi connectivity index (χ2v) is 5.54. The molecule has 0 atom stereocenters. The molecule has 1 amide bonds. The monoisotopic (exact) mass is 263 g/mol. The van der Waals surface area contributed by atoms with E-state index in [1.165, 1.54) is 17.3 Å². The van der Waals surface area contributed by atoms with Gasteiger partial charge in [-0.2, -0.15) is 0 Å². The summed E-state index contributed by atoms with van der Waals surface area (Å²) < 4.78 is 0. The van der Waals surface area contributed by atoms with E-state index in [9.17, 15) is 4.79 Å². The molecule has 5 heteroatoms. The predicted molar refractivity (Wildman–Crippen MR) is 74.8 cm³/mol. The first-order chi connectivity index (χ1) is 8.54. The molecule has 0 radical (unpaired) electrons. The summed E-state index contributed by atoms with van der Waals surface area (Å²) in [7, 11) is 0. The van der Waals surface area contributed by atoms with E-state index in [4.69, 9.17) is 0 Å². The molecule has 0 saturated carbocycles. The molecule has 0 aliphatic rings. The summed E-state index contributed by atoms with van der Waals surface area (Å²) in [5.74, 6) is 0.420. The van der Waals surface area contributed by atoms with Crippen molar-refractivity contribution in [3.63, 3.8) is 0 Å². The Kier molecular flexibility index (Phi) is 3.91. The van der Waals surface area contributed by atoms with Gasteiger partial charge >= 0.3 is 0 Å². The molecule has 2 aromatic rings. The molecule has 0 fully saturated rings. The highest BCUT2D eigenvalue weighted by molar-refractivity contribution is 7.99. The van der Waals surface area contributed by atoms with Crippen molar-refractivity contribution in [2.75, 3.05) is 5.75 Å². The second-order valence-electron chi connectivity index (χ2n) is 4.57. The number of aromatic amines is 1. The number of carbonyl (C=O) groups excluding carboxylic acids is 1. The lowest BCUT2D eigenvalue weighted by Crippen LogP contribution is -2.31. The molecule has 18 heavy (non-hydrogen) atoms. The summed E-state index contributed by atoms with van der Waals surface area (Å²) in [6.45, 7) is 5.95. The van der Waals surface area contributed by atoms with Crippen LogP contribution in [-0.4, -0.2) is 27.7 Å². The number of nitrogens with zero attached hydrogens (tertiary/aromatic N) is 1. The molecule has 0 spiro atoms. The van der Waals surface area contributed by atoms with Gasteiger partial charge in [0.2, 0.25) is 5.91 Å². The van der Waals surface area contributed by atoms with E-state index < -0.39 is 0 Å². The first kappa shape index (κ1) is 13.0.